The van der Waals surface area contributed by atoms with Gasteiger partial charge in [-0.3, -0.25) is 9.78 Å². The molecule has 0 atom stereocenters. The molecule has 0 spiro atoms. The highest BCUT2D eigenvalue weighted by Crippen LogP contribution is 2.23. The highest BCUT2D eigenvalue weighted by atomic mass is 16.2. The third-order valence-corrected chi connectivity index (χ3v) is 3.88. The van der Waals surface area contributed by atoms with Crippen molar-refractivity contribution in [2.75, 3.05) is 31.6 Å². The lowest BCUT2D eigenvalue weighted by molar-refractivity contribution is -0.128. The van der Waals surface area contributed by atoms with Crippen LogP contribution in [0, 0.1) is 13.8 Å². The Bertz CT molecular complexity index is 495. The molecule has 1 aliphatic rings. The maximum Gasteiger partial charge on any atom is 0.242 e. The van der Waals surface area contributed by atoms with Crippen molar-refractivity contribution >= 4 is 11.6 Å². The molecule has 2 heterocycles. The Balaban J connectivity index is 2.15. The fourth-order valence-corrected chi connectivity index (χ4v) is 2.78. The second-order valence-corrected chi connectivity index (χ2v) is 5.49. The average Bonchev–Trinajstić information content (AvgIpc) is 2.91. The second-order valence-electron chi connectivity index (χ2n) is 5.49. The first-order valence-corrected chi connectivity index (χ1v) is 7.19. The Morgan fingerprint density at radius 3 is 2.65 bits per heavy atom. The van der Waals surface area contributed by atoms with Crippen molar-refractivity contribution < 1.29 is 4.79 Å². The van der Waals surface area contributed by atoms with Crippen LogP contribution in [0.2, 0.25) is 0 Å². The number of hydrogen-bond donors (Lipinski definition) is 1. The summed E-state index contributed by atoms with van der Waals surface area (Å²) in [5.74, 6) is 0.195. The number of pyridine rings is 1. The van der Waals surface area contributed by atoms with E-state index < -0.39 is 0 Å². The largest absolute Gasteiger partial charge is 0.365 e. The van der Waals surface area contributed by atoms with Crippen molar-refractivity contribution in [2.24, 2.45) is 5.73 Å². The van der Waals surface area contributed by atoms with Crippen molar-refractivity contribution in [3.63, 3.8) is 0 Å². The van der Waals surface area contributed by atoms with Crippen molar-refractivity contribution in [1.82, 2.24) is 9.88 Å². The molecule has 5 heteroatoms. The molecule has 5 nitrogen and oxygen atoms in total. The van der Waals surface area contributed by atoms with E-state index in [2.05, 4.69) is 4.98 Å². The lowest BCUT2D eigenvalue weighted by Crippen LogP contribution is -2.37. The van der Waals surface area contributed by atoms with E-state index in [4.69, 9.17) is 5.73 Å². The summed E-state index contributed by atoms with van der Waals surface area (Å²) >= 11 is 0. The molecule has 1 saturated heterocycles. The monoisotopic (exact) mass is 276 g/mol. The van der Waals surface area contributed by atoms with E-state index in [0.29, 0.717) is 13.1 Å². The van der Waals surface area contributed by atoms with Gasteiger partial charge in [-0.1, -0.05) is 0 Å². The molecule has 0 unspecified atom stereocenters. The van der Waals surface area contributed by atoms with Gasteiger partial charge in [0.1, 0.15) is 0 Å². The first-order valence-electron chi connectivity index (χ1n) is 7.19. The molecule has 0 bridgehead atoms. The van der Waals surface area contributed by atoms with Gasteiger partial charge in [-0.05, 0) is 32.8 Å². The van der Waals surface area contributed by atoms with Gasteiger partial charge in [0.05, 0.1) is 6.54 Å². The highest BCUT2D eigenvalue weighted by Gasteiger charge is 2.20. The topological polar surface area (TPSA) is 62.5 Å². The predicted octanol–water partition coefficient (Wildman–Crippen LogP) is 1.22. The molecule has 2 N–H and O–H groups in total. The standard InChI is InChI=1S/C15H24N4O/c1-11-8-14(13(9-16)12(2)17-11)18(3)10-15(20)19-6-4-5-7-19/h8H,4-7,9-10,16H2,1-3H3. The van der Waals surface area contributed by atoms with Crippen LogP contribution in [-0.4, -0.2) is 42.5 Å². The fraction of sp³-hybridized carbons (Fsp3) is 0.600. The van der Waals surface area contributed by atoms with E-state index >= 15 is 0 Å². The third-order valence-electron chi connectivity index (χ3n) is 3.88. The number of aromatic nitrogens is 1. The summed E-state index contributed by atoms with van der Waals surface area (Å²) in [5.41, 5.74) is 9.77. The lowest BCUT2D eigenvalue weighted by Gasteiger charge is -2.25. The molecule has 0 aliphatic carbocycles. The van der Waals surface area contributed by atoms with E-state index in [1.54, 1.807) is 0 Å². The van der Waals surface area contributed by atoms with Crippen LogP contribution >= 0.6 is 0 Å². The van der Waals surface area contributed by atoms with Gasteiger partial charge in [-0.15, -0.1) is 0 Å². The Labute approximate surface area is 120 Å². The summed E-state index contributed by atoms with van der Waals surface area (Å²) in [7, 11) is 1.95. The molecular formula is C15H24N4O. The predicted molar refractivity (Wildman–Crippen MR) is 80.7 cm³/mol. The first-order chi connectivity index (χ1) is 9.52. The molecule has 1 aromatic heterocycles. The minimum atomic E-state index is 0.195. The van der Waals surface area contributed by atoms with Crippen LogP contribution in [-0.2, 0) is 11.3 Å². The normalized spacial score (nSPS) is 14.7. The molecule has 1 fully saturated rings. The molecule has 0 radical (unpaired) electrons. The SMILES string of the molecule is Cc1cc(N(C)CC(=O)N2CCCC2)c(CN)c(C)n1. The molecular weight excluding hydrogens is 252 g/mol. The van der Waals surface area contributed by atoms with Crippen LogP contribution in [0.5, 0.6) is 0 Å². The van der Waals surface area contributed by atoms with Crippen LogP contribution in [0.3, 0.4) is 0 Å². The third kappa shape index (κ3) is 3.10. The number of hydrogen-bond acceptors (Lipinski definition) is 4. The summed E-state index contributed by atoms with van der Waals surface area (Å²) in [6.45, 7) is 6.56. The van der Waals surface area contributed by atoms with Crippen molar-refractivity contribution in [1.29, 1.82) is 0 Å². The number of likely N-dealkylation sites (tertiary alicyclic amines) is 1. The molecule has 20 heavy (non-hydrogen) atoms. The summed E-state index contributed by atoms with van der Waals surface area (Å²) in [4.78, 5) is 20.6. The summed E-state index contributed by atoms with van der Waals surface area (Å²) < 4.78 is 0. The molecule has 1 amide bonds. The molecule has 110 valence electrons. The van der Waals surface area contributed by atoms with E-state index in [9.17, 15) is 4.79 Å². The van der Waals surface area contributed by atoms with Gasteiger partial charge >= 0.3 is 0 Å². The van der Waals surface area contributed by atoms with Gasteiger partial charge in [0.2, 0.25) is 5.91 Å². The van der Waals surface area contributed by atoms with Gasteiger partial charge < -0.3 is 15.5 Å². The van der Waals surface area contributed by atoms with Crippen LogP contribution in [0.4, 0.5) is 5.69 Å². The summed E-state index contributed by atoms with van der Waals surface area (Å²) in [6.07, 6.45) is 2.24. The zero-order valence-electron chi connectivity index (χ0n) is 12.6. The number of amides is 1. The van der Waals surface area contributed by atoms with Crippen molar-refractivity contribution in [2.45, 2.75) is 33.2 Å². The number of likely N-dealkylation sites (N-methyl/N-ethyl adjacent to an activating group) is 1. The zero-order valence-corrected chi connectivity index (χ0v) is 12.6. The lowest BCUT2D eigenvalue weighted by atomic mass is 10.1. The van der Waals surface area contributed by atoms with Crippen LogP contribution < -0.4 is 10.6 Å². The van der Waals surface area contributed by atoms with E-state index in [1.807, 2.05) is 36.8 Å². The quantitative estimate of drug-likeness (QED) is 0.898. The molecule has 1 aliphatic heterocycles. The highest BCUT2D eigenvalue weighted by molar-refractivity contribution is 5.82. The Kier molecular flexibility index (Phi) is 4.60. The van der Waals surface area contributed by atoms with E-state index in [0.717, 1.165) is 48.6 Å². The van der Waals surface area contributed by atoms with Gasteiger partial charge in [0.15, 0.2) is 0 Å². The first kappa shape index (κ1) is 14.8. The minimum Gasteiger partial charge on any atom is -0.365 e. The van der Waals surface area contributed by atoms with E-state index in [1.165, 1.54) is 0 Å². The Morgan fingerprint density at radius 1 is 1.40 bits per heavy atom. The van der Waals surface area contributed by atoms with Gasteiger partial charge in [0.25, 0.3) is 0 Å². The fourth-order valence-electron chi connectivity index (χ4n) is 2.78. The molecule has 0 aromatic carbocycles. The second kappa shape index (κ2) is 6.22. The molecule has 0 saturated carbocycles. The minimum absolute atomic E-state index is 0.195. The maximum absolute atomic E-state index is 12.2. The van der Waals surface area contributed by atoms with Crippen molar-refractivity contribution in [3.05, 3.63) is 23.0 Å². The number of carbonyl (C=O) groups excluding carboxylic acids is 1. The Hall–Kier alpha value is -1.62. The number of nitrogens with zero attached hydrogens (tertiary/aromatic N) is 3. The summed E-state index contributed by atoms with van der Waals surface area (Å²) in [5, 5.41) is 0. The zero-order chi connectivity index (χ0) is 14.7. The van der Waals surface area contributed by atoms with Crippen LogP contribution in [0.25, 0.3) is 0 Å². The van der Waals surface area contributed by atoms with Crippen LogP contribution in [0.1, 0.15) is 29.8 Å². The average molecular weight is 276 g/mol. The molecule has 2 rings (SSSR count). The number of aryl methyl sites for hydroxylation is 2. The van der Waals surface area contributed by atoms with Gasteiger partial charge in [-0.25, -0.2) is 0 Å². The number of carbonyl (C=O) groups is 1. The number of nitrogens with two attached hydrogens (primary N) is 1. The van der Waals surface area contributed by atoms with Crippen LogP contribution in [0.15, 0.2) is 6.07 Å². The van der Waals surface area contributed by atoms with Crippen molar-refractivity contribution in [3.8, 4) is 0 Å². The maximum atomic E-state index is 12.2. The Morgan fingerprint density at radius 2 is 2.05 bits per heavy atom. The number of rotatable bonds is 4. The number of anilines is 1. The molecule has 1 aromatic rings. The van der Waals surface area contributed by atoms with E-state index in [-0.39, 0.29) is 5.91 Å². The van der Waals surface area contributed by atoms with Gasteiger partial charge in [-0.2, -0.15) is 0 Å². The smallest absolute Gasteiger partial charge is 0.242 e. The summed E-state index contributed by atoms with van der Waals surface area (Å²) in [6, 6.07) is 2.01. The van der Waals surface area contributed by atoms with Gasteiger partial charge in [0, 0.05) is 49.3 Å².